The van der Waals surface area contributed by atoms with Crippen LogP contribution in [0, 0.1) is 13.8 Å². The van der Waals surface area contributed by atoms with Crippen LogP contribution in [0.1, 0.15) is 24.2 Å². The van der Waals surface area contributed by atoms with Gasteiger partial charge < -0.3 is 4.74 Å². The van der Waals surface area contributed by atoms with E-state index < -0.39 is 12.6 Å². The molecule has 0 spiro atoms. The van der Waals surface area contributed by atoms with Crippen LogP contribution in [0.15, 0.2) is 36.4 Å². The van der Waals surface area contributed by atoms with Crippen LogP contribution >= 0.6 is 0 Å². The molecule has 4 aromatic rings. The molecule has 0 bridgehead atoms. The monoisotopic (exact) mass is 401 g/mol. The number of hydrogen-bond acceptors (Lipinski definition) is 5. The Kier molecular flexibility index (Phi) is 4.81. The van der Waals surface area contributed by atoms with Crippen molar-refractivity contribution in [1.29, 1.82) is 0 Å². The molecule has 0 amide bonds. The van der Waals surface area contributed by atoms with Crippen molar-refractivity contribution in [3.8, 4) is 17.1 Å². The van der Waals surface area contributed by atoms with Crippen LogP contribution in [-0.2, 0) is 0 Å². The van der Waals surface area contributed by atoms with Crippen LogP contribution < -0.4 is 4.74 Å². The minimum atomic E-state index is -4.18. The highest BCUT2D eigenvalue weighted by Crippen LogP contribution is 2.27. The van der Waals surface area contributed by atoms with E-state index in [0.29, 0.717) is 22.9 Å². The van der Waals surface area contributed by atoms with Crippen LogP contribution in [-0.4, -0.2) is 37.3 Å². The number of benzene rings is 1. The molecule has 0 saturated heterocycles. The zero-order valence-electron chi connectivity index (χ0n) is 15.9. The van der Waals surface area contributed by atoms with Crippen molar-refractivity contribution >= 4 is 16.8 Å². The van der Waals surface area contributed by atoms with Gasteiger partial charge in [-0.1, -0.05) is 12.1 Å². The first-order valence-electron chi connectivity index (χ1n) is 9.11. The molecule has 0 N–H and O–H groups in total. The van der Waals surface area contributed by atoms with Crippen molar-refractivity contribution < 1.29 is 17.9 Å². The molecule has 0 atom stereocenters. The van der Waals surface area contributed by atoms with Gasteiger partial charge in [-0.2, -0.15) is 13.2 Å². The zero-order valence-corrected chi connectivity index (χ0v) is 15.9. The average molecular weight is 401 g/mol. The van der Waals surface area contributed by atoms with E-state index in [1.165, 1.54) is 0 Å². The molecular formula is C20H18F3N5O. The molecule has 3 aromatic heterocycles. The lowest BCUT2D eigenvalue weighted by molar-refractivity contribution is -0.136. The first-order valence-corrected chi connectivity index (χ1v) is 9.11. The minimum absolute atomic E-state index is 0.0176. The summed E-state index contributed by atoms with van der Waals surface area (Å²) < 4.78 is 44.2. The van der Waals surface area contributed by atoms with Gasteiger partial charge >= 0.3 is 6.18 Å². The summed E-state index contributed by atoms with van der Waals surface area (Å²) in [5.41, 5.74) is 4.25. The Morgan fingerprint density at radius 1 is 1.00 bits per heavy atom. The summed E-state index contributed by atoms with van der Waals surface area (Å²) in [6, 6.07) is 10.8. The van der Waals surface area contributed by atoms with Gasteiger partial charge in [0.25, 0.3) is 0 Å². The van der Waals surface area contributed by atoms with Gasteiger partial charge in [-0.15, -0.1) is 10.2 Å². The SMILES string of the molecule is Cc1ccc2nc(C)c3nnc(-c4cccc(OCCCC(F)(F)F)c4)n3c2n1. The number of aryl methyl sites for hydroxylation is 2. The molecule has 0 aliphatic carbocycles. The van der Waals surface area contributed by atoms with Crippen molar-refractivity contribution in [2.24, 2.45) is 0 Å². The van der Waals surface area contributed by atoms with Crippen LogP contribution in [0.2, 0.25) is 0 Å². The molecule has 0 radical (unpaired) electrons. The van der Waals surface area contributed by atoms with Gasteiger partial charge in [0.05, 0.1) is 12.3 Å². The highest BCUT2D eigenvalue weighted by atomic mass is 19.4. The molecule has 6 nitrogen and oxygen atoms in total. The number of nitrogens with zero attached hydrogens (tertiary/aromatic N) is 5. The van der Waals surface area contributed by atoms with Gasteiger partial charge in [-0.25, -0.2) is 9.97 Å². The van der Waals surface area contributed by atoms with E-state index >= 15 is 0 Å². The fourth-order valence-corrected chi connectivity index (χ4v) is 3.11. The number of ether oxygens (including phenoxy) is 1. The van der Waals surface area contributed by atoms with Crippen molar-refractivity contribution in [3.63, 3.8) is 0 Å². The van der Waals surface area contributed by atoms with Crippen molar-refractivity contribution in [2.45, 2.75) is 32.9 Å². The Bertz CT molecular complexity index is 1190. The van der Waals surface area contributed by atoms with Gasteiger partial charge in [0, 0.05) is 17.7 Å². The lowest BCUT2D eigenvalue weighted by Crippen LogP contribution is -2.09. The molecule has 0 aliphatic heterocycles. The van der Waals surface area contributed by atoms with Crippen molar-refractivity contribution in [3.05, 3.63) is 47.8 Å². The predicted octanol–water partition coefficient (Wildman–Crippen LogP) is 4.68. The van der Waals surface area contributed by atoms with Crippen LogP contribution in [0.25, 0.3) is 28.2 Å². The molecule has 0 unspecified atom stereocenters. The first kappa shape index (κ1) is 19.1. The van der Waals surface area contributed by atoms with Gasteiger partial charge in [0.15, 0.2) is 17.1 Å². The Morgan fingerprint density at radius 3 is 2.62 bits per heavy atom. The number of aromatic nitrogens is 5. The fourth-order valence-electron chi connectivity index (χ4n) is 3.11. The van der Waals surface area contributed by atoms with Gasteiger partial charge in [0.1, 0.15) is 11.3 Å². The molecule has 1 aromatic carbocycles. The maximum Gasteiger partial charge on any atom is 0.389 e. The predicted molar refractivity (Wildman–Crippen MR) is 102 cm³/mol. The second-order valence-electron chi connectivity index (χ2n) is 6.77. The van der Waals surface area contributed by atoms with Crippen LogP contribution in [0.4, 0.5) is 13.2 Å². The molecule has 0 fully saturated rings. The Balaban J connectivity index is 1.70. The molecule has 150 valence electrons. The zero-order chi connectivity index (χ0) is 20.6. The summed E-state index contributed by atoms with van der Waals surface area (Å²) in [4.78, 5) is 9.13. The maximum atomic E-state index is 12.3. The highest BCUT2D eigenvalue weighted by molar-refractivity contribution is 5.78. The smallest absolute Gasteiger partial charge is 0.389 e. The Labute approximate surface area is 164 Å². The number of fused-ring (bicyclic) bond motifs is 3. The number of hydrogen-bond donors (Lipinski definition) is 0. The summed E-state index contributed by atoms with van der Waals surface area (Å²) in [5.74, 6) is 1.04. The van der Waals surface area contributed by atoms with E-state index in [9.17, 15) is 13.2 Å². The average Bonchev–Trinajstić information content (AvgIpc) is 3.12. The summed E-state index contributed by atoms with van der Waals surface area (Å²) in [6.45, 7) is 3.73. The van der Waals surface area contributed by atoms with Crippen molar-refractivity contribution in [1.82, 2.24) is 24.6 Å². The second-order valence-corrected chi connectivity index (χ2v) is 6.77. The fraction of sp³-hybridized carbons (Fsp3) is 0.300. The van der Waals surface area contributed by atoms with E-state index in [2.05, 4.69) is 20.2 Å². The lowest BCUT2D eigenvalue weighted by atomic mass is 10.2. The molecule has 0 aliphatic rings. The highest BCUT2D eigenvalue weighted by Gasteiger charge is 2.26. The third kappa shape index (κ3) is 3.98. The van der Waals surface area contributed by atoms with Gasteiger partial charge in [-0.05, 0) is 44.5 Å². The molecule has 9 heteroatoms. The number of rotatable bonds is 5. The van der Waals surface area contributed by atoms with E-state index in [1.54, 1.807) is 18.2 Å². The molecule has 3 heterocycles. The van der Waals surface area contributed by atoms with Crippen LogP contribution in [0.5, 0.6) is 5.75 Å². The van der Waals surface area contributed by atoms with E-state index in [-0.39, 0.29) is 13.0 Å². The number of alkyl halides is 3. The van der Waals surface area contributed by atoms with E-state index in [0.717, 1.165) is 22.5 Å². The number of pyridine rings is 1. The minimum Gasteiger partial charge on any atom is -0.494 e. The quantitative estimate of drug-likeness (QED) is 0.455. The third-order valence-electron chi connectivity index (χ3n) is 4.45. The van der Waals surface area contributed by atoms with Gasteiger partial charge in [-0.3, -0.25) is 4.40 Å². The summed E-state index contributed by atoms with van der Waals surface area (Å²) >= 11 is 0. The summed E-state index contributed by atoms with van der Waals surface area (Å²) in [6.07, 6.45) is -5.14. The molecular weight excluding hydrogens is 383 g/mol. The Morgan fingerprint density at radius 2 is 1.83 bits per heavy atom. The van der Waals surface area contributed by atoms with Crippen molar-refractivity contribution in [2.75, 3.05) is 6.61 Å². The largest absolute Gasteiger partial charge is 0.494 e. The molecule has 4 rings (SSSR count). The maximum absolute atomic E-state index is 12.3. The third-order valence-corrected chi connectivity index (χ3v) is 4.45. The Hall–Kier alpha value is -3.23. The van der Waals surface area contributed by atoms with E-state index in [1.807, 2.05) is 36.4 Å². The van der Waals surface area contributed by atoms with Crippen LogP contribution in [0.3, 0.4) is 0 Å². The first-order chi connectivity index (χ1) is 13.8. The summed E-state index contributed by atoms with van der Waals surface area (Å²) in [5, 5.41) is 8.56. The standard InChI is InChI=1S/C20H18F3N5O/c1-12-7-8-16-19(24-12)28-17(13(2)25-16)26-27-18(28)14-5-3-6-15(11-14)29-10-4-9-20(21,22)23/h3,5-8,11H,4,9-10H2,1-2H3. The summed E-state index contributed by atoms with van der Waals surface area (Å²) in [7, 11) is 0. The lowest BCUT2D eigenvalue weighted by Gasteiger charge is -2.10. The molecule has 0 saturated carbocycles. The normalized spacial score (nSPS) is 12.0. The second kappa shape index (κ2) is 7.31. The van der Waals surface area contributed by atoms with E-state index in [4.69, 9.17) is 4.74 Å². The topological polar surface area (TPSA) is 65.2 Å². The van der Waals surface area contributed by atoms with Gasteiger partial charge in [0.2, 0.25) is 0 Å². The number of halogens is 3. The molecule has 29 heavy (non-hydrogen) atoms.